The quantitative estimate of drug-likeness (QED) is 0.617. The third-order valence-electron chi connectivity index (χ3n) is 3.77. The fourth-order valence-electron chi connectivity index (χ4n) is 2.40. The number of rotatable bonds is 8. The van der Waals surface area contributed by atoms with Gasteiger partial charge in [0.05, 0.1) is 6.61 Å². The van der Waals surface area contributed by atoms with Crippen LogP contribution in [-0.4, -0.2) is 75.9 Å². The third-order valence-corrected chi connectivity index (χ3v) is 3.77. The lowest BCUT2D eigenvalue weighted by atomic mass is 10.3. The summed E-state index contributed by atoms with van der Waals surface area (Å²) in [7, 11) is 1.75. The van der Waals surface area contributed by atoms with Crippen molar-refractivity contribution in [1.82, 2.24) is 15.1 Å². The van der Waals surface area contributed by atoms with E-state index < -0.39 is 0 Å². The van der Waals surface area contributed by atoms with Crippen molar-refractivity contribution < 1.29 is 4.74 Å². The first-order valence-corrected chi connectivity index (χ1v) is 7.03. The van der Waals surface area contributed by atoms with Crippen LogP contribution in [0.5, 0.6) is 0 Å². The van der Waals surface area contributed by atoms with Crippen LogP contribution in [0.1, 0.15) is 12.8 Å². The Balaban J connectivity index is 1.46. The van der Waals surface area contributed by atoms with Crippen molar-refractivity contribution in [2.24, 2.45) is 5.92 Å². The van der Waals surface area contributed by atoms with Crippen LogP contribution in [0.2, 0.25) is 0 Å². The Bertz CT molecular complexity index is 201. The monoisotopic (exact) mass is 241 g/mol. The van der Waals surface area contributed by atoms with Gasteiger partial charge in [-0.1, -0.05) is 0 Å². The number of ether oxygens (including phenoxy) is 1. The van der Waals surface area contributed by atoms with E-state index in [0.717, 1.165) is 25.6 Å². The lowest BCUT2D eigenvalue weighted by Gasteiger charge is -2.34. The molecule has 100 valence electrons. The summed E-state index contributed by atoms with van der Waals surface area (Å²) in [5.41, 5.74) is 0. The average molecular weight is 241 g/mol. The summed E-state index contributed by atoms with van der Waals surface area (Å²) in [5, 5.41) is 3.41. The van der Waals surface area contributed by atoms with E-state index in [2.05, 4.69) is 15.1 Å². The molecule has 17 heavy (non-hydrogen) atoms. The number of nitrogens with zero attached hydrogens (tertiary/aromatic N) is 2. The molecule has 1 aliphatic carbocycles. The van der Waals surface area contributed by atoms with Crippen molar-refractivity contribution in [3.63, 3.8) is 0 Å². The van der Waals surface area contributed by atoms with Crippen LogP contribution in [0, 0.1) is 5.92 Å². The van der Waals surface area contributed by atoms with Gasteiger partial charge in [0, 0.05) is 59.5 Å². The second-order valence-electron chi connectivity index (χ2n) is 5.33. The molecule has 2 aliphatic rings. The van der Waals surface area contributed by atoms with Gasteiger partial charge in [0.1, 0.15) is 0 Å². The topological polar surface area (TPSA) is 27.7 Å². The zero-order chi connectivity index (χ0) is 11.9. The minimum absolute atomic E-state index is 0.815. The predicted molar refractivity (Wildman–Crippen MR) is 70.3 cm³/mol. The molecule has 0 aromatic rings. The Hall–Kier alpha value is -0.160. The van der Waals surface area contributed by atoms with E-state index in [-0.39, 0.29) is 0 Å². The first-order valence-electron chi connectivity index (χ1n) is 7.03. The summed E-state index contributed by atoms with van der Waals surface area (Å²) < 4.78 is 5.01. The summed E-state index contributed by atoms with van der Waals surface area (Å²) in [4.78, 5) is 5.22. The number of nitrogens with one attached hydrogen (secondary N) is 1. The molecule has 0 aromatic heterocycles. The van der Waals surface area contributed by atoms with Crippen LogP contribution in [0.25, 0.3) is 0 Å². The fraction of sp³-hybridized carbons (Fsp3) is 1.00. The minimum Gasteiger partial charge on any atom is -0.383 e. The van der Waals surface area contributed by atoms with Gasteiger partial charge >= 0.3 is 0 Å². The Labute approximate surface area is 105 Å². The van der Waals surface area contributed by atoms with Crippen molar-refractivity contribution in [3.05, 3.63) is 0 Å². The zero-order valence-electron chi connectivity index (χ0n) is 11.2. The summed E-state index contributed by atoms with van der Waals surface area (Å²) in [6, 6.07) is 0. The third kappa shape index (κ3) is 5.34. The van der Waals surface area contributed by atoms with Gasteiger partial charge in [0.2, 0.25) is 0 Å². The normalized spacial score (nSPS) is 23.1. The molecule has 0 amide bonds. The molecule has 1 aliphatic heterocycles. The zero-order valence-corrected chi connectivity index (χ0v) is 11.2. The second-order valence-corrected chi connectivity index (χ2v) is 5.33. The van der Waals surface area contributed by atoms with Crippen LogP contribution in [0.15, 0.2) is 0 Å². The molecular formula is C13H27N3O. The molecule has 4 heteroatoms. The number of piperazine rings is 1. The van der Waals surface area contributed by atoms with Gasteiger partial charge in [0.15, 0.2) is 0 Å². The van der Waals surface area contributed by atoms with Crippen molar-refractivity contribution in [2.45, 2.75) is 12.8 Å². The van der Waals surface area contributed by atoms with E-state index in [1.54, 1.807) is 7.11 Å². The maximum absolute atomic E-state index is 5.01. The van der Waals surface area contributed by atoms with Crippen molar-refractivity contribution in [1.29, 1.82) is 0 Å². The maximum Gasteiger partial charge on any atom is 0.0587 e. The van der Waals surface area contributed by atoms with E-state index in [1.807, 2.05) is 0 Å². The Morgan fingerprint density at radius 3 is 2.41 bits per heavy atom. The van der Waals surface area contributed by atoms with Gasteiger partial charge in [0.25, 0.3) is 0 Å². The van der Waals surface area contributed by atoms with Crippen molar-refractivity contribution in [3.8, 4) is 0 Å². The standard InChI is InChI=1S/C13H27N3O/c1-17-11-5-14-4-6-15-7-9-16(10-8-15)12-13-2-3-13/h13-14H,2-12H2,1H3. The van der Waals surface area contributed by atoms with Gasteiger partial charge in [-0.15, -0.1) is 0 Å². The maximum atomic E-state index is 5.01. The van der Waals surface area contributed by atoms with E-state index in [4.69, 9.17) is 4.74 Å². The Kier molecular flexibility index (Phi) is 5.71. The molecule has 2 fully saturated rings. The van der Waals surface area contributed by atoms with Gasteiger partial charge < -0.3 is 15.0 Å². The molecule has 0 aromatic carbocycles. The molecule has 0 atom stereocenters. The summed E-state index contributed by atoms with van der Waals surface area (Å²) in [6.07, 6.45) is 2.95. The molecule has 4 nitrogen and oxygen atoms in total. The molecule has 1 saturated carbocycles. The van der Waals surface area contributed by atoms with Crippen molar-refractivity contribution in [2.75, 3.05) is 66.1 Å². The summed E-state index contributed by atoms with van der Waals surface area (Å²) >= 11 is 0. The molecule has 1 N–H and O–H groups in total. The molecule has 0 spiro atoms. The van der Waals surface area contributed by atoms with Crippen molar-refractivity contribution >= 4 is 0 Å². The van der Waals surface area contributed by atoms with Gasteiger partial charge in [-0.05, 0) is 18.8 Å². The van der Waals surface area contributed by atoms with E-state index in [0.29, 0.717) is 0 Å². The SMILES string of the molecule is COCCNCCN1CCN(CC2CC2)CC1. The number of hydrogen-bond acceptors (Lipinski definition) is 4. The molecule has 0 bridgehead atoms. The van der Waals surface area contributed by atoms with Gasteiger partial charge in [-0.3, -0.25) is 4.90 Å². The molecule has 0 radical (unpaired) electrons. The predicted octanol–water partition coefficient (Wildman–Crippen LogP) is 0.250. The summed E-state index contributed by atoms with van der Waals surface area (Å²) in [5.74, 6) is 1.04. The average Bonchev–Trinajstić information content (AvgIpc) is 3.15. The highest BCUT2D eigenvalue weighted by Gasteiger charge is 2.26. The fourth-order valence-corrected chi connectivity index (χ4v) is 2.40. The molecule has 1 heterocycles. The summed E-state index contributed by atoms with van der Waals surface area (Å²) in [6.45, 7) is 10.5. The molecule has 2 rings (SSSR count). The minimum atomic E-state index is 0.815. The highest BCUT2D eigenvalue weighted by molar-refractivity contribution is 4.80. The largest absolute Gasteiger partial charge is 0.383 e. The highest BCUT2D eigenvalue weighted by Crippen LogP contribution is 2.29. The Morgan fingerprint density at radius 1 is 1.06 bits per heavy atom. The van der Waals surface area contributed by atoms with E-state index in [9.17, 15) is 0 Å². The van der Waals surface area contributed by atoms with Gasteiger partial charge in [-0.2, -0.15) is 0 Å². The highest BCUT2D eigenvalue weighted by atomic mass is 16.5. The van der Waals surface area contributed by atoms with Crippen LogP contribution in [-0.2, 0) is 4.74 Å². The van der Waals surface area contributed by atoms with E-state index >= 15 is 0 Å². The van der Waals surface area contributed by atoms with Crippen LogP contribution in [0.4, 0.5) is 0 Å². The lowest BCUT2D eigenvalue weighted by Crippen LogP contribution is -2.48. The first-order chi connectivity index (χ1) is 8.38. The molecule has 0 unspecified atom stereocenters. The number of hydrogen-bond donors (Lipinski definition) is 1. The van der Waals surface area contributed by atoms with Gasteiger partial charge in [-0.25, -0.2) is 0 Å². The second kappa shape index (κ2) is 7.31. The molecular weight excluding hydrogens is 214 g/mol. The lowest BCUT2D eigenvalue weighted by molar-refractivity contribution is 0.128. The Morgan fingerprint density at radius 2 is 1.76 bits per heavy atom. The van der Waals surface area contributed by atoms with Crippen LogP contribution >= 0.6 is 0 Å². The molecule has 1 saturated heterocycles. The van der Waals surface area contributed by atoms with E-state index in [1.165, 1.54) is 52.1 Å². The smallest absolute Gasteiger partial charge is 0.0587 e. The van der Waals surface area contributed by atoms with Crippen LogP contribution in [0.3, 0.4) is 0 Å². The van der Waals surface area contributed by atoms with Crippen LogP contribution < -0.4 is 5.32 Å². The first kappa shape index (κ1) is 13.3. The number of methoxy groups -OCH3 is 1.